The fourth-order valence-corrected chi connectivity index (χ4v) is 0.422. The van der Waals surface area contributed by atoms with E-state index in [4.69, 9.17) is 0 Å². The summed E-state index contributed by atoms with van der Waals surface area (Å²) in [5.41, 5.74) is 0.111. The minimum atomic E-state index is 0.111. The number of hydrogen-bond acceptors (Lipinski definition) is 1. The molecule has 0 aromatic rings. The van der Waals surface area contributed by atoms with Gasteiger partial charge in [0.1, 0.15) is 0 Å². The molecule has 0 aromatic carbocycles. The Morgan fingerprint density at radius 2 is 2.00 bits per heavy atom. The monoisotopic (exact) mass is 139 g/mol. The van der Waals surface area contributed by atoms with Crippen molar-refractivity contribution in [3.63, 3.8) is 0 Å². The van der Waals surface area contributed by atoms with Gasteiger partial charge >= 0.3 is 0 Å². The first-order chi connectivity index (χ1) is 4.62. The second-order valence-corrected chi connectivity index (χ2v) is 2.97. The standard InChI is InChI=1S/C9H17N/c1-5-7-8-10-9(3,4)6-2/h5,7-8H,6H2,1-4H3/b7-5-,10-8?. The van der Waals surface area contributed by atoms with E-state index in [1.807, 2.05) is 25.3 Å². The largest absolute Gasteiger partial charge is 0.287 e. The molecule has 0 fully saturated rings. The van der Waals surface area contributed by atoms with Crippen LogP contribution in [-0.4, -0.2) is 11.8 Å². The van der Waals surface area contributed by atoms with Gasteiger partial charge in [-0.25, -0.2) is 0 Å². The van der Waals surface area contributed by atoms with E-state index in [9.17, 15) is 0 Å². The van der Waals surface area contributed by atoms with Gasteiger partial charge in [-0.05, 0) is 33.3 Å². The molecule has 0 amide bonds. The number of nitrogens with zero attached hydrogens (tertiary/aromatic N) is 1. The van der Waals surface area contributed by atoms with Crippen LogP contribution in [0, 0.1) is 0 Å². The first kappa shape index (κ1) is 9.41. The molecule has 0 saturated heterocycles. The third-order valence-corrected chi connectivity index (χ3v) is 1.57. The summed E-state index contributed by atoms with van der Waals surface area (Å²) in [6.07, 6.45) is 6.89. The van der Waals surface area contributed by atoms with Crippen molar-refractivity contribution in [1.82, 2.24) is 0 Å². The Balaban J connectivity index is 3.86. The van der Waals surface area contributed by atoms with Crippen molar-refractivity contribution >= 4 is 6.21 Å². The van der Waals surface area contributed by atoms with Crippen LogP contribution in [0.25, 0.3) is 0 Å². The normalized spacial score (nSPS) is 13.6. The smallest absolute Gasteiger partial charge is 0.0549 e. The summed E-state index contributed by atoms with van der Waals surface area (Å²) in [5.74, 6) is 0. The summed E-state index contributed by atoms with van der Waals surface area (Å²) in [4.78, 5) is 4.35. The highest BCUT2D eigenvalue weighted by atomic mass is 14.8. The van der Waals surface area contributed by atoms with Gasteiger partial charge in [-0.3, -0.25) is 4.99 Å². The van der Waals surface area contributed by atoms with Crippen LogP contribution in [0.4, 0.5) is 0 Å². The zero-order chi connectivity index (χ0) is 8.04. The van der Waals surface area contributed by atoms with Gasteiger partial charge in [0.15, 0.2) is 0 Å². The minimum absolute atomic E-state index is 0.111. The number of hydrogen-bond donors (Lipinski definition) is 0. The summed E-state index contributed by atoms with van der Waals surface area (Å²) in [7, 11) is 0. The first-order valence-electron chi connectivity index (χ1n) is 3.79. The van der Waals surface area contributed by atoms with Crippen LogP contribution in [-0.2, 0) is 0 Å². The highest BCUT2D eigenvalue weighted by molar-refractivity contribution is 5.71. The average Bonchev–Trinajstić information content (AvgIpc) is 1.89. The molecule has 0 unspecified atom stereocenters. The number of rotatable bonds is 3. The van der Waals surface area contributed by atoms with Crippen molar-refractivity contribution in [3.8, 4) is 0 Å². The SMILES string of the molecule is C/C=C\C=NC(C)(C)CC. The van der Waals surface area contributed by atoms with Gasteiger partial charge in [-0.15, -0.1) is 0 Å². The molecule has 0 rings (SSSR count). The fraction of sp³-hybridized carbons (Fsp3) is 0.667. The van der Waals surface area contributed by atoms with Crippen molar-refractivity contribution in [2.45, 2.75) is 39.7 Å². The van der Waals surface area contributed by atoms with Crippen LogP contribution in [0.2, 0.25) is 0 Å². The Morgan fingerprint density at radius 1 is 1.40 bits per heavy atom. The molecule has 0 heterocycles. The van der Waals surface area contributed by atoms with Crippen LogP contribution in [0.5, 0.6) is 0 Å². The molecule has 0 bridgehead atoms. The number of aliphatic imine (C=N–C) groups is 1. The maximum atomic E-state index is 4.35. The maximum Gasteiger partial charge on any atom is 0.0549 e. The molecular formula is C9H17N. The van der Waals surface area contributed by atoms with E-state index in [0.29, 0.717) is 0 Å². The maximum absolute atomic E-state index is 4.35. The van der Waals surface area contributed by atoms with Gasteiger partial charge in [-0.1, -0.05) is 13.0 Å². The molecule has 1 heteroatoms. The van der Waals surface area contributed by atoms with Gasteiger partial charge in [-0.2, -0.15) is 0 Å². The van der Waals surface area contributed by atoms with Crippen LogP contribution < -0.4 is 0 Å². The van der Waals surface area contributed by atoms with Crippen molar-refractivity contribution in [3.05, 3.63) is 12.2 Å². The number of allylic oxidation sites excluding steroid dienone is 2. The zero-order valence-corrected chi connectivity index (χ0v) is 7.39. The van der Waals surface area contributed by atoms with Crippen LogP contribution in [0.15, 0.2) is 17.1 Å². The molecule has 0 aliphatic heterocycles. The Kier molecular flexibility index (Phi) is 4.01. The van der Waals surface area contributed by atoms with E-state index in [1.54, 1.807) is 0 Å². The van der Waals surface area contributed by atoms with E-state index in [1.165, 1.54) is 0 Å². The van der Waals surface area contributed by atoms with E-state index in [-0.39, 0.29) is 5.54 Å². The van der Waals surface area contributed by atoms with Gasteiger partial charge in [0.25, 0.3) is 0 Å². The molecule has 0 atom stereocenters. The van der Waals surface area contributed by atoms with E-state index < -0.39 is 0 Å². The molecule has 58 valence electrons. The van der Waals surface area contributed by atoms with Gasteiger partial charge in [0, 0.05) is 6.21 Å². The highest BCUT2D eigenvalue weighted by Crippen LogP contribution is 2.11. The van der Waals surface area contributed by atoms with Crippen molar-refractivity contribution in [2.75, 3.05) is 0 Å². The van der Waals surface area contributed by atoms with E-state index in [0.717, 1.165) is 6.42 Å². The van der Waals surface area contributed by atoms with Gasteiger partial charge in [0.05, 0.1) is 5.54 Å². The molecule has 0 aliphatic carbocycles. The molecule has 0 N–H and O–H groups in total. The van der Waals surface area contributed by atoms with E-state index >= 15 is 0 Å². The molecule has 0 radical (unpaired) electrons. The molecule has 0 spiro atoms. The summed E-state index contributed by atoms with van der Waals surface area (Å²) in [5, 5.41) is 0. The Morgan fingerprint density at radius 3 is 2.40 bits per heavy atom. The lowest BCUT2D eigenvalue weighted by Crippen LogP contribution is -2.14. The van der Waals surface area contributed by atoms with Crippen molar-refractivity contribution in [1.29, 1.82) is 0 Å². The zero-order valence-electron chi connectivity index (χ0n) is 7.39. The predicted octanol–water partition coefficient (Wildman–Crippen LogP) is 2.82. The van der Waals surface area contributed by atoms with Crippen molar-refractivity contribution < 1.29 is 0 Å². The summed E-state index contributed by atoms with van der Waals surface area (Å²) < 4.78 is 0. The van der Waals surface area contributed by atoms with Gasteiger partial charge in [0.2, 0.25) is 0 Å². The lowest BCUT2D eigenvalue weighted by Gasteiger charge is -2.15. The quantitative estimate of drug-likeness (QED) is 0.533. The van der Waals surface area contributed by atoms with Crippen molar-refractivity contribution in [2.24, 2.45) is 4.99 Å². The third-order valence-electron chi connectivity index (χ3n) is 1.57. The van der Waals surface area contributed by atoms with Crippen LogP contribution in [0.1, 0.15) is 34.1 Å². The Bertz CT molecular complexity index is 132. The second kappa shape index (κ2) is 4.26. The predicted molar refractivity (Wildman–Crippen MR) is 47.7 cm³/mol. The highest BCUT2D eigenvalue weighted by Gasteiger charge is 2.09. The summed E-state index contributed by atoms with van der Waals surface area (Å²) in [6.45, 7) is 8.40. The molecule has 0 aromatic heterocycles. The van der Waals surface area contributed by atoms with Gasteiger partial charge < -0.3 is 0 Å². The topological polar surface area (TPSA) is 12.4 Å². The summed E-state index contributed by atoms with van der Waals surface area (Å²) in [6, 6.07) is 0. The van der Waals surface area contributed by atoms with Crippen LogP contribution >= 0.6 is 0 Å². The first-order valence-corrected chi connectivity index (χ1v) is 3.79. The summed E-state index contributed by atoms with van der Waals surface area (Å²) >= 11 is 0. The average molecular weight is 139 g/mol. The molecule has 0 aliphatic rings. The third kappa shape index (κ3) is 4.30. The Labute approximate surface area is 63.9 Å². The lowest BCUT2D eigenvalue weighted by molar-refractivity contribution is 0.507. The Hall–Kier alpha value is -0.590. The molecular weight excluding hydrogens is 122 g/mol. The van der Waals surface area contributed by atoms with Crippen LogP contribution in [0.3, 0.4) is 0 Å². The molecule has 0 saturated carbocycles. The fourth-order valence-electron chi connectivity index (χ4n) is 0.422. The minimum Gasteiger partial charge on any atom is -0.287 e. The second-order valence-electron chi connectivity index (χ2n) is 2.97. The molecule has 1 nitrogen and oxygen atoms in total. The molecule has 10 heavy (non-hydrogen) atoms. The van der Waals surface area contributed by atoms with E-state index in [2.05, 4.69) is 25.8 Å². The lowest BCUT2D eigenvalue weighted by atomic mass is 10.0.